The second kappa shape index (κ2) is 12.2. The monoisotopic (exact) mass is 462 g/mol. The van der Waals surface area contributed by atoms with E-state index in [2.05, 4.69) is 11.4 Å². The van der Waals surface area contributed by atoms with Crippen LogP contribution in [0.5, 0.6) is 0 Å². The lowest BCUT2D eigenvalue weighted by atomic mass is 10.0. The number of carbonyl (C=O) groups is 2. The Balaban J connectivity index is 1.90. The highest BCUT2D eigenvalue weighted by atomic mass is 35.5. The molecule has 5 heteroatoms. The predicted octanol–water partition coefficient (Wildman–Crippen LogP) is 5.36. The Morgan fingerprint density at radius 1 is 0.939 bits per heavy atom. The summed E-state index contributed by atoms with van der Waals surface area (Å²) < 4.78 is 0. The van der Waals surface area contributed by atoms with Crippen molar-refractivity contribution < 1.29 is 9.59 Å². The van der Waals surface area contributed by atoms with Crippen molar-refractivity contribution in [3.05, 3.63) is 106 Å². The molecule has 1 unspecified atom stereocenters. The summed E-state index contributed by atoms with van der Waals surface area (Å²) >= 11 is 6.31. The van der Waals surface area contributed by atoms with Gasteiger partial charge in [-0.3, -0.25) is 9.59 Å². The molecule has 172 valence electrons. The molecule has 4 nitrogen and oxygen atoms in total. The summed E-state index contributed by atoms with van der Waals surface area (Å²) in [5, 5.41) is 3.58. The minimum absolute atomic E-state index is 0.0661. The highest BCUT2D eigenvalue weighted by Crippen LogP contribution is 2.20. The maximum atomic E-state index is 13.6. The Bertz CT molecular complexity index is 1070. The normalized spacial score (nSPS) is 11.6. The summed E-state index contributed by atoms with van der Waals surface area (Å²) in [5.41, 5.74) is 4.07. The van der Waals surface area contributed by atoms with Crippen LogP contribution < -0.4 is 5.32 Å². The Labute approximate surface area is 201 Å². The van der Waals surface area contributed by atoms with Gasteiger partial charge in [0.1, 0.15) is 6.04 Å². The van der Waals surface area contributed by atoms with Crippen molar-refractivity contribution in [2.24, 2.45) is 0 Å². The van der Waals surface area contributed by atoms with Crippen LogP contribution in [0.15, 0.2) is 78.9 Å². The zero-order valence-electron chi connectivity index (χ0n) is 19.3. The molecule has 1 N–H and O–H groups in total. The van der Waals surface area contributed by atoms with Gasteiger partial charge in [0, 0.05) is 31.0 Å². The van der Waals surface area contributed by atoms with E-state index >= 15 is 0 Å². The molecule has 3 aromatic carbocycles. The third kappa shape index (κ3) is 7.19. The maximum Gasteiger partial charge on any atom is 0.243 e. The van der Waals surface area contributed by atoms with E-state index in [0.717, 1.165) is 22.3 Å². The molecule has 0 aromatic heterocycles. The van der Waals surface area contributed by atoms with Crippen molar-refractivity contribution in [2.75, 3.05) is 6.54 Å². The Kier molecular flexibility index (Phi) is 9.08. The van der Waals surface area contributed by atoms with Gasteiger partial charge >= 0.3 is 0 Å². The molecule has 0 bridgehead atoms. The third-order valence-electron chi connectivity index (χ3n) is 5.62. The molecule has 0 aliphatic carbocycles. The second-order valence-corrected chi connectivity index (χ2v) is 8.61. The lowest BCUT2D eigenvalue weighted by Crippen LogP contribution is -2.50. The van der Waals surface area contributed by atoms with Crippen molar-refractivity contribution in [1.29, 1.82) is 0 Å². The van der Waals surface area contributed by atoms with Crippen LogP contribution >= 0.6 is 11.6 Å². The van der Waals surface area contributed by atoms with Gasteiger partial charge in [-0.15, -0.1) is 0 Å². The van der Waals surface area contributed by atoms with Crippen LogP contribution in [-0.2, 0) is 29.0 Å². The molecule has 3 aromatic rings. The minimum atomic E-state index is -0.605. The fourth-order valence-corrected chi connectivity index (χ4v) is 4.17. The number of nitrogens with one attached hydrogen (secondary N) is 1. The van der Waals surface area contributed by atoms with Crippen molar-refractivity contribution >= 4 is 23.4 Å². The molecule has 0 aliphatic heterocycles. The molecular weight excluding hydrogens is 432 g/mol. The Morgan fingerprint density at radius 2 is 1.64 bits per heavy atom. The molecule has 33 heavy (non-hydrogen) atoms. The lowest BCUT2D eigenvalue weighted by molar-refractivity contribution is -0.141. The number of halogens is 1. The largest absolute Gasteiger partial charge is 0.355 e. The van der Waals surface area contributed by atoms with Crippen LogP contribution in [0, 0.1) is 6.92 Å². The third-order valence-corrected chi connectivity index (χ3v) is 5.99. The van der Waals surface area contributed by atoms with E-state index in [0.29, 0.717) is 31.0 Å². The van der Waals surface area contributed by atoms with Gasteiger partial charge in [-0.25, -0.2) is 0 Å². The Morgan fingerprint density at radius 3 is 2.33 bits per heavy atom. The number of amides is 2. The lowest BCUT2D eigenvalue weighted by Gasteiger charge is -2.31. The van der Waals surface area contributed by atoms with Crippen LogP contribution in [0.2, 0.25) is 5.02 Å². The number of likely N-dealkylation sites (N-methyl/N-ethyl adjacent to an activating group) is 1. The van der Waals surface area contributed by atoms with E-state index < -0.39 is 6.04 Å². The van der Waals surface area contributed by atoms with Crippen LogP contribution in [0.3, 0.4) is 0 Å². The highest BCUT2D eigenvalue weighted by Gasteiger charge is 2.30. The number of aryl methyl sites for hydroxylation is 2. The van der Waals surface area contributed by atoms with Gasteiger partial charge in [-0.05, 0) is 43.0 Å². The molecule has 0 spiro atoms. The average Bonchev–Trinajstić information content (AvgIpc) is 2.81. The summed E-state index contributed by atoms with van der Waals surface area (Å²) in [6.45, 7) is 4.80. The van der Waals surface area contributed by atoms with E-state index in [1.807, 2.05) is 86.6 Å². The number of hydrogen-bond acceptors (Lipinski definition) is 2. The fraction of sp³-hybridized carbons (Fsp3) is 0.286. The topological polar surface area (TPSA) is 49.4 Å². The molecule has 0 heterocycles. The van der Waals surface area contributed by atoms with Gasteiger partial charge in [0.2, 0.25) is 11.8 Å². The van der Waals surface area contributed by atoms with E-state index in [9.17, 15) is 9.59 Å². The van der Waals surface area contributed by atoms with Crippen LogP contribution in [0.1, 0.15) is 35.6 Å². The summed E-state index contributed by atoms with van der Waals surface area (Å²) in [6, 6.07) is 24.9. The number of rotatable bonds is 10. The smallest absolute Gasteiger partial charge is 0.243 e. The van der Waals surface area contributed by atoms with E-state index in [-0.39, 0.29) is 18.2 Å². The van der Waals surface area contributed by atoms with E-state index in [1.165, 1.54) is 0 Å². The molecular formula is C28H31ClN2O2. The van der Waals surface area contributed by atoms with Crippen molar-refractivity contribution in [2.45, 2.75) is 45.7 Å². The van der Waals surface area contributed by atoms with Gasteiger partial charge in [0.25, 0.3) is 0 Å². The van der Waals surface area contributed by atoms with Crippen molar-refractivity contribution in [3.63, 3.8) is 0 Å². The zero-order valence-corrected chi connectivity index (χ0v) is 20.0. The number of carbonyl (C=O) groups excluding carboxylic acids is 2. The minimum Gasteiger partial charge on any atom is -0.355 e. The van der Waals surface area contributed by atoms with Crippen molar-refractivity contribution in [1.82, 2.24) is 10.2 Å². The highest BCUT2D eigenvalue weighted by molar-refractivity contribution is 6.31. The standard InChI is InChI=1S/C28H31ClN2O2/c1-3-30-28(33)26(19-22-11-5-4-6-12-22)31(20-23-13-9-10-21(2)18-23)27(32)17-16-24-14-7-8-15-25(24)29/h4-15,18,26H,3,16-17,19-20H2,1-2H3,(H,30,33). The molecule has 0 radical (unpaired) electrons. The molecule has 3 rings (SSSR count). The maximum absolute atomic E-state index is 13.6. The van der Waals surface area contributed by atoms with Crippen LogP contribution in [0.4, 0.5) is 0 Å². The predicted molar refractivity (Wildman–Crippen MR) is 134 cm³/mol. The summed E-state index contributed by atoms with van der Waals surface area (Å²) in [7, 11) is 0. The van der Waals surface area contributed by atoms with Gasteiger partial charge in [-0.2, -0.15) is 0 Å². The first-order valence-corrected chi connectivity index (χ1v) is 11.8. The van der Waals surface area contributed by atoms with E-state index in [1.54, 1.807) is 4.90 Å². The second-order valence-electron chi connectivity index (χ2n) is 8.20. The first-order chi connectivity index (χ1) is 16.0. The number of benzene rings is 3. The van der Waals surface area contributed by atoms with Gasteiger partial charge in [0.05, 0.1) is 0 Å². The van der Waals surface area contributed by atoms with Gasteiger partial charge in [0.15, 0.2) is 0 Å². The first kappa shape index (κ1) is 24.5. The SMILES string of the molecule is CCNC(=O)C(Cc1ccccc1)N(Cc1cccc(C)c1)C(=O)CCc1ccccc1Cl. The average molecular weight is 463 g/mol. The van der Waals surface area contributed by atoms with Gasteiger partial charge < -0.3 is 10.2 Å². The quantitative estimate of drug-likeness (QED) is 0.441. The summed E-state index contributed by atoms with van der Waals surface area (Å²) in [5.74, 6) is -0.205. The fourth-order valence-electron chi connectivity index (χ4n) is 3.94. The molecule has 0 aliphatic rings. The first-order valence-electron chi connectivity index (χ1n) is 11.4. The van der Waals surface area contributed by atoms with E-state index in [4.69, 9.17) is 11.6 Å². The van der Waals surface area contributed by atoms with Crippen LogP contribution in [-0.4, -0.2) is 29.3 Å². The zero-order chi connectivity index (χ0) is 23.6. The van der Waals surface area contributed by atoms with Crippen molar-refractivity contribution in [3.8, 4) is 0 Å². The number of nitrogens with zero attached hydrogens (tertiary/aromatic N) is 1. The van der Waals surface area contributed by atoms with Crippen LogP contribution in [0.25, 0.3) is 0 Å². The summed E-state index contributed by atoms with van der Waals surface area (Å²) in [6.07, 6.45) is 1.26. The summed E-state index contributed by atoms with van der Waals surface area (Å²) in [4.78, 5) is 28.4. The van der Waals surface area contributed by atoms with Gasteiger partial charge in [-0.1, -0.05) is 90.0 Å². The molecule has 2 amide bonds. The molecule has 1 atom stereocenters. The molecule has 0 saturated heterocycles. The Hall–Kier alpha value is -3.11. The molecule has 0 fully saturated rings. The molecule has 0 saturated carbocycles. The number of hydrogen-bond donors (Lipinski definition) is 1.